The van der Waals surface area contributed by atoms with E-state index in [1.54, 1.807) is 18.4 Å². The molecule has 2 heterocycles. The van der Waals surface area contributed by atoms with Crippen molar-refractivity contribution in [3.05, 3.63) is 78.6 Å². The molecule has 0 amide bonds. The number of anilines is 1. The Balaban J connectivity index is 1.88. The highest BCUT2D eigenvalue weighted by Crippen LogP contribution is 2.49. The molecule has 0 aliphatic carbocycles. The van der Waals surface area contributed by atoms with Gasteiger partial charge in [0, 0.05) is 17.5 Å². The van der Waals surface area contributed by atoms with Crippen LogP contribution in [0.1, 0.15) is 17.5 Å². The van der Waals surface area contributed by atoms with E-state index in [0.29, 0.717) is 30.2 Å². The van der Waals surface area contributed by atoms with E-state index in [0.717, 1.165) is 16.7 Å². The molecule has 0 saturated carbocycles. The van der Waals surface area contributed by atoms with E-state index in [4.69, 9.17) is 4.74 Å². The summed E-state index contributed by atoms with van der Waals surface area (Å²) < 4.78 is 33.8. The van der Waals surface area contributed by atoms with Crippen LogP contribution < -0.4 is 4.31 Å². The third-order valence-corrected chi connectivity index (χ3v) is 7.06. The summed E-state index contributed by atoms with van der Waals surface area (Å²) in [5, 5.41) is 0. The van der Waals surface area contributed by atoms with E-state index in [9.17, 15) is 8.42 Å². The molecule has 0 fully saturated rings. The minimum Gasteiger partial charge on any atom is -0.501 e. The third kappa shape index (κ3) is 2.54. The van der Waals surface area contributed by atoms with Crippen molar-refractivity contribution in [2.45, 2.75) is 18.2 Å². The fraction of sp³-hybridized carbons (Fsp3) is 0.238. The second kappa shape index (κ2) is 6.02. The number of para-hydroxylation sites is 1. The van der Waals surface area contributed by atoms with Gasteiger partial charge in [-0.15, -0.1) is 0 Å². The number of fused-ring (bicyclic) bond motifs is 1. The fourth-order valence-electron chi connectivity index (χ4n) is 3.66. The highest BCUT2D eigenvalue weighted by atomic mass is 32.2. The lowest BCUT2D eigenvalue weighted by Crippen LogP contribution is -2.46. The molecule has 0 saturated heterocycles. The summed E-state index contributed by atoms with van der Waals surface area (Å²) in [6.07, 6.45) is 4.32. The molecule has 134 valence electrons. The SMILES string of the molecule is C=C1c2ccccc2N(S(=O)(=O)c2ccc(C)cc2)C[C@]12C=COCC2. The molecule has 0 unspecified atom stereocenters. The molecule has 2 aliphatic heterocycles. The van der Waals surface area contributed by atoms with Crippen LogP contribution in [0, 0.1) is 12.3 Å². The van der Waals surface area contributed by atoms with Gasteiger partial charge in [-0.3, -0.25) is 4.31 Å². The summed E-state index contributed by atoms with van der Waals surface area (Å²) in [5.41, 5.74) is 3.09. The first kappa shape index (κ1) is 16.9. The normalized spacial score (nSPS) is 22.2. The lowest BCUT2D eigenvalue weighted by atomic mass is 9.72. The van der Waals surface area contributed by atoms with Gasteiger partial charge in [0.25, 0.3) is 10.0 Å². The van der Waals surface area contributed by atoms with Crippen molar-refractivity contribution >= 4 is 21.3 Å². The third-order valence-electron chi connectivity index (χ3n) is 5.28. The van der Waals surface area contributed by atoms with Gasteiger partial charge in [0.2, 0.25) is 0 Å². The van der Waals surface area contributed by atoms with E-state index >= 15 is 0 Å². The number of sulfonamides is 1. The molecule has 0 N–H and O–H groups in total. The maximum absolute atomic E-state index is 13.4. The van der Waals surface area contributed by atoms with Crippen LogP contribution in [0.3, 0.4) is 0 Å². The summed E-state index contributed by atoms with van der Waals surface area (Å²) in [6, 6.07) is 14.6. The van der Waals surface area contributed by atoms with Crippen molar-refractivity contribution in [1.82, 2.24) is 0 Å². The highest BCUT2D eigenvalue weighted by Gasteiger charge is 2.44. The van der Waals surface area contributed by atoms with E-state index in [1.807, 2.05) is 49.4 Å². The number of benzene rings is 2. The van der Waals surface area contributed by atoms with Crippen molar-refractivity contribution in [2.24, 2.45) is 5.41 Å². The molecule has 0 radical (unpaired) electrons. The Hall–Kier alpha value is -2.53. The predicted molar refractivity (Wildman–Crippen MR) is 103 cm³/mol. The van der Waals surface area contributed by atoms with Crippen molar-refractivity contribution in [3.8, 4) is 0 Å². The van der Waals surface area contributed by atoms with Crippen LogP contribution in [0.15, 0.2) is 72.3 Å². The Morgan fingerprint density at radius 1 is 1.12 bits per heavy atom. The van der Waals surface area contributed by atoms with Crippen LogP contribution in [-0.2, 0) is 14.8 Å². The van der Waals surface area contributed by atoms with Gasteiger partial charge in [-0.25, -0.2) is 8.42 Å². The summed E-state index contributed by atoms with van der Waals surface area (Å²) >= 11 is 0. The van der Waals surface area contributed by atoms with Crippen LogP contribution in [0.2, 0.25) is 0 Å². The fourth-order valence-corrected chi connectivity index (χ4v) is 5.21. The number of ether oxygens (including phenoxy) is 1. The lowest BCUT2D eigenvalue weighted by molar-refractivity contribution is 0.189. The zero-order valence-corrected chi connectivity index (χ0v) is 15.5. The molecule has 2 aromatic carbocycles. The summed E-state index contributed by atoms with van der Waals surface area (Å²) in [6.45, 7) is 7.13. The average Bonchev–Trinajstić information content (AvgIpc) is 2.66. The predicted octanol–water partition coefficient (Wildman–Crippen LogP) is 4.14. The number of hydrogen-bond donors (Lipinski definition) is 0. The van der Waals surface area contributed by atoms with Gasteiger partial charge < -0.3 is 4.74 Å². The van der Waals surface area contributed by atoms with Crippen LogP contribution >= 0.6 is 0 Å². The highest BCUT2D eigenvalue weighted by molar-refractivity contribution is 7.92. The molecule has 1 atom stereocenters. The van der Waals surface area contributed by atoms with Gasteiger partial charge >= 0.3 is 0 Å². The molecule has 5 heteroatoms. The van der Waals surface area contributed by atoms with Crippen molar-refractivity contribution in [1.29, 1.82) is 0 Å². The van der Waals surface area contributed by atoms with Gasteiger partial charge in [-0.1, -0.05) is 42.5 Å². The molecule has 0 aromatic heterocycles. The first-order valence-corrected chi connectivity index (χ1v) is 10.1. The molecule has 26 heavy (non-hydrogen) atoms. The van der Waals surface area contributed by atoms with Gasteiger partial charge in [-0.2, -0.15) is 0 Å². The number of aryl methyl sites for hydroxylation is 1. The standard InChI is InChI=1S/C21H21NO3S/c1-16-7-9-18(10-8-16)26(23,24)22-15-21(11-13-25-14-12-21)17(2)19-5-3-4-6-20(19)22/h3-11,13H,2,12,14-15H2,1H3/t21-/m1/s1. The Morgan fingerprint density at radius 3 is 2.54 bits per heavy atom. The van der Waals surface area contributed by atoms with Crippen LogP contribution in [-0.4, -0.2) is 21.6 Å². The molecule has 4 rings (SSSR count). The Morgan fingerprint density at radius 2 is 1.85 bits per heavy atom. The maximum Gasteiger partial charge on any atom is 0.264 e. The molecule has 4 nitrogen and oxygen atoms in total. The van der Waals surface area contributed by atoms with Crippen LogP contribution in [0.4, 0.5) is 5.69 Å². The Kier molecular flexibility index (Phi) is 3.92. The zero-order valence-electron chi connectivity index (χ0n) is 14.7. The number of nitrogens with zero attached hydrogens (tertiary/aromatic N) is 1. The minimum absolute atomic E-state index is 0.302. The van der Waals surface area contributed by atoms with Crippen LogP contribution in [0.25, 0.3) is 5.57 Å². The molecule has 2 aromatic rings. The van der Waals surface area contributed by atoms with Gasteiger partial charge in [0.05, 0.1) is 23.5 Å². The number of rotatable bonds is 2. The first-order chi connectivity index (χ1) is 12.4. The minimum atomic E-state index is -3.67. The van der Waals surface area contributed by atoms with Gasteiger partial charge in [0.15, 0.2) is 0 Å². The van der Waals surface area contributed by atoms with Crippen molar-refractivity contribution < 1.29 is 13.2 Å². The van der Waals surface area contributed by atoms with Gasteiger partial charge in [-0.05, 0) is 43.2 Å². The van der Waals surface area contributed by atoms with Crippen LogP contribution in [0.5, 0.6) is 0 Å². The average molecular weight is 367 g/mol. The lowest BCUT2D eigenvalue weighted by Gasteiger charge is -2.44. The zero-order chi connectivity index (χ0) is 18.4. The van der Waals surface area contributed by atoms with Crippen molar-refractivity contribution in [2.75, 3.05) is 17.5 Å². The number of hydrogen-bond acceptors (Lipinski definition) is 3. The second-order valence-corrected chi connectivity index (χ2v) is 8.76. The molecule has 0 bridgehead atoms. The summed E-state index contributed by atoms with van der Waals surface area (Å²) in [4.78, 5) is 0.302. The van der Waals surface area contributed by atoms with Crippen molar-refractivity contribution in [3.63, 3.8) is 0 Å². The van der Waals surface area contributed by atoms with E-state index < -0.39 is 15.4 Å². The topological polar surface area (TPSA) is 46.6 Å². The van der Waals surface area contributed by atoms with E-state index in [-0.39, 0.29) is 0 Å². The maximum atomic E-state index is 13.4. The summed E-state index contributed by atoms with van der Waals surface area (Å²) in [7, 11) is -3.67. The second-order valence-electron chi connectivity index (χ2n) is 6.90. The Labute approximate surface area is 154 Å². The first-order valence-electron chi connectivity index (χ1n) is 8.62. The van der Waals surface area contributed by atoms with E-state index in [1.165, 1.54) is 4.31 Å². The van der Waals surface area contributed by atoms with Gasteiger partial charge in [0.1, 0.15) is 0 Å². The quantitative estimate of drug-likeness (QED) is 0.801. The largest absolute Gasteiger partial charge is 0.501 e. The molecular weight excluding hydrogens is 346 g/mol. The molecule has 1 spiro atoms. The molecular formula is C21H21NO3S. The smallest absolute Gasteiger partial charge is 0.264 e. The molecule has 2 aliphatic rings. The monoisotopic (exact) mass is 367 g/mol. The Bertz CT molecular complexity index is 992. The summed E-state index contributed by atoms with van der Waals surface area (Å²) in [5.74, 6) is 0. The van der Waals surface area contributed by atoms with E-state index in [2.05, 4.69) is 6.58 Å².